The number of terminal acetylenes is 1. The van der Waals surface area contributed by atoms with E-state index in [0.29, 0.717) is 36.8 Å². The van der Waals surface area contributed by atoms with E-state index in [4.69, 9.17) is 4.74 Å². The van der Waals surface area contributed by atoms with Gasteiger partial charge in [-0.1, -0.05) is 40.2 Å². The average Bonchev–Trinajstić information content (AvgIpc) is 2.73. The Morgan fingerprint density at radius 2 is 1.90 bits per heavy atom. The molecule has 30 heavy (non-hydrogen) atoms. The van der Waals surface area contributed by atoms with Crippen LogP contribution in [0.1, 0.15) is 79.1 Å². The molecule has 2 saturated carbocycles. The number of hydrogen-bond donors (Lipinski definition) is 0. The number of carbonyl (C=O) groups is 2. The second kappa shape index (κ2) is 10.0. The third-order valence-electron chi connectivity index (χ3n) is 8.26. The number of hydrogen-bond acceptors (Lipinski definition) is 3. The number of likely N-dealkylation sites (N-methyl/N-ethyl adjacent to an activating group) is 1. The van der Waals surface area contributed by atoms with Crippen molar-refractivity contribution in [2.75, 3.05) is 13.7 Å². The van der Waals surface area contributed by atoms with Crippen LogP contribution in [0, 0.1) is 41.4 Å². The lowest BCUT2D eigenvalue weighted by Crippen LogP contribution is -2.60. The molecule has 6 atom stereocenters. The maximum absolute atomic E-state index is 12.2. The molecule has 1 aliphatic heterocycles. The van der Waals surface area contributed by atoms with Crippen LogP contribution >= 0.6 is 0 Å². The zero-order valence-electron chi connectivity index (χ0n) is 19.7. The lowest BCUT2D eigenvalue weighted by atomic mass is 9.47. The minimum absolute atomic E-state index is 0.0490. The van der Waals surface area contributed by atoms with Gasteiger partial charge in [0.1, 0.15) is 0 Å². The number of esters is 1. The van der Waals surface area contributed by atoms with E-state index in [0.717, 1.165) is 25.7 Å². The van der Waals surface area contributed by atoms with E-state index in [1.807, 2.05) is 18.9 Å². The van der Waals surface area contributed by atoms with E-state index in [1.165, 1.54) is 19.3 Å². The second-order valence-electron chi connectivity index (χ2n) is 10.0. The Bertz CT molecular complexity index is 668. The summed E-state index contributed by atoms with van der Waals surface area (Å²) < 4.78 is 5.74. The van der Waals surface area contributed by atoms with E-state index in [9.17, 15) is 9.59 Å². The topological polar surface area (TPSA) is 46.6 Å². The summed E-state index contributed by atoms with van der Waals surface area (Å²) in [6.45, 7) is 9.58. The van der Waals surface area contributed by atoms with Crippen molar-refractivity contribution in [3.63, 3.8) is 0 Å². The molecule has 1 amide bonds. The molecule has 3 rings (SSSR count). The first-order valence-corrected chi connectivity index (χ1v) is 11.7. The van der Waals surface area contributed by atoms with Crippen LogP contribution in [-0.2, 0) is 14.3 Å². The van der Waals surface area contributed by atoms with Gasteiger partial charge in [-0.2, -0.15) is 0 Å². The molecule has 0 radical (unpaired) electrons. The Morgan fingerprint density at radius 1 is 1.20 bits per heavy atom. The highest BCUT2D eigenvalue weighted by atomic mass is 16.5. The summed E-state index contributed by atoms with van der Waals surface area (Å²) in [6.07, 6.45) is 20.3. The van der Waals surface area contributed by atoms with Gasteiger partial charge in [0.25, 0.3) is 0 Å². The van der Waals surface area contributed by atoms with Gasteiger partial charge in [0, 0.05) is 30.3 Å². The molecule has 0 N–H and O–H groups in total. The number of nitrogens with zero attached hydrogens (tertiary/aromatic N) is 1. The van der Waals surface area contributed by atoms with Crippen LogP contribution in [0.5, 0.6) is 0 Å². The normalized spacial score (nSPS) is 37.4. The van der Waals surface area contributed by atoms with Crippen LogP contribution in [-0.4, -0.2) is 36.5 Å². The Labute approximate surface area is 183 Å². The summed E-state index contributed by atoms with van der Waals surface area (Å²) >= 11 is 0. The van der Waals surface area contributed by atoms with Crippen LogP contribution in [0.25, 0.3) is 0 Å². The molecule has 0 bridgehead atoms. The molecule has 4 nitrogen and oxygen atoms in total. The van der Waals surface area contributed by atoms with Crippen molar-refractivity contribution in [2.45, 2.75) is 85.1 Å². The highest BCUT2D eigenvalue weighted by Gasteiger charge is 2.57. The molecule has 0 aromatic rings. The highest BCUT2D eigenvalue weighted by Crippen LogP contribution is 2.60. The minimum Gasteiger partial charge on any atom is -0.465 e. The summed E-state index contributed by atoms with van der Waals surface area (Å²) in [7, 11) is 1.97. The van der Waals surface area contributed by atoms with Crippen molar-refractivity contribution in [1.29, 1.82) is 0 Å². The number of fused-ring (bicyclic) bond motifs is 3. The standard InChI is InChI=1S/C24H39NO3.C2H2/c1-6-8-18-17-10-11-20-24(4,15-13-21(26)25(20)5)19(17)12-14-23(18,3)16-28-22(27)9-7-2;1-2/h13,15,17-20H,6-12,14,16H2,1-5H3;1-2H/t17?,18?,19?,20?,23-,24-;/m1./s1. The molecule has 4 unspecified atom stereocenters. The quantitative estimate of drug-likeness (QED) is 0.441. The fourth-order valence-corrected chi connectivity index (χ4v) is 6.71. The largest absolute Gasteiger partial charge is 0.465 e. The fraction of sp³-hybridized carbons (Fsp3) is 0.769. The first-order valence-electron chi connectivity index (χ1n) is 11.7. The highest BCUT2D eigenvalue weighted by molar-refractivity contribution is 5.89. The van der Waals surface area contributed by atoms with Crippen molar-refractivity contribution in [3.05, 3.63) is 12.2 Å². The minimum atomic E-state index is -0.0490. The Hall–Kier alpha value is -1.76. The molecule has 0 spiro atoms. The van der Waals surface area contributed by atoms with Crippen LogP contribution in [0.3, 0.4) is 0 Å². The molecular formula is C26H41NO3. The average molecular weight is 416 g/mol. The molecule has 0 aromatic heterocycles. The number of carbonyl (C=O) groups excluding carboxylic acids is 2. The van der Waals surface area contributed by atoms with Crippen LogP contribution in [0.4, 0.5) is 0 Å². The van der Waals surface area contributed by atoms with Gasteiger partial charge in [-0.15, -0.1) is 12.8 Å². The van der Waals surface area contributed by atoms with Gasteiger partial charge in [-0.3, -0.25) is 9.59 Å². The fourth-order valence-electron chi connectivity index (χ4n) is 6.71. The first-order chi connectivity index (χ1) is 14.3. The third kappa shape index (κ3) is 4.46. The predicted octanol–water partition coefficient (Wildman–Crippen LogP) is 5.22. The Kier molecular flexibility index (Phi) is 8.20. The number of rotatable bonds is 6. The van der Waals surface area contributed by atoms with Crippen molar-refractivity contribution in [3.8, 4) is 12.8 Å². The van der Waals surface area contributed by atoms with Crippen molar-refractivity contribution in [1.82, 2.24) is 4.90 Å². The van der Waals surface area contributed by atoms with Gasteiger partial charge in [-0.25, -0.2) is 0 Å². The molecule has 2 fully saturated rings. The summed E-state index contributed by atoms with van der Waals surface area (Å²) in [5.74, 6) is 1.94. The second-order valence-corrected chi connectivity index (χ2v) is 10.0. The third-order valence-corrected chi connectivity index (χ3v) is 8.26. The molecule has 3 aliphatic rings. The van der Waals surface area contributed by atoms with E-state index < -0.39 is 0 Å². The zero-order chi connectivity index (χ0) is 22.5. The maximum Gasteiger partial charge on any atom is 0.305 e. The van der Waals surface area contributed by atoms with E-state index in [-0.39, 0.29) is 22.7 Å². The molecule has 168 valence electrons. The summed E-state index contributed by atoms with van der Waals surface area (Å²) in [4.78, 5) is 26.2. The van der Waals surface area contributed by atoms with Crippen molar-refractivity contribution < 1.29 is 14.3 Å². The summed E-state index contributed by atoms with van der Waals surface area (Å²) in [5, 5.41) is 0. The molecule has 0 saturated heterocycles. The van der Waals surface area contributed by atoms with Gasteiger partial charge < -0.3 is 9.64 Å². The van der Waals surface area contributed by atoms with Crippen LogP contribution in [0.2, 0.25) is 0 Å². The predicted molar refractivity (Wildman–Crippen MR) is 122 cm³/mol. The SMILES string of the molecule is C#C.CCCC(=O)OC[C@@]1(C)CCC2C(CCC3N(C)C(=O)C=C[C@]23C)C1CCC. The monoisotopic (exact) mass is 415 g/mol. The lowest BCUT2D eigenvalue weighted by molar-refractivity contribution is -0.156. The van der Waals surface area contributed by atoms with E-state index in [1.54, 1.807) is 6.08 Å². The Morgan fingerprint density at radius 3 is 2.53 bits per heavy atom. The molecule has 1 heterocycles. The number of ether oxygens (including phenoxy) is 1. The van der Waals surface area contributed by atoms with E-state index in [2.05, 4.69) is 39.7 Å². The lowest BCUT2D eigenvalue weighted by Gasteiger charge is -2.60. The van der Waals surface area contributed by atoms with Crippen LogP contribution < -0.4 is 0 Å². The Balaban J connectivity index is 0.00000155. The van der Waals surface area contributed by atoms with Gasteiger partial charge in [0.2, 0.25) is 5.91 Å². The molecular weight excluding hydrogens is 374 g/mol. The molecule has 0 aromatic carbocycles. The smallest absolute Gasteiger partial charge is 0.305 e. The first kappa shape index (κ1) is 24.5. The maximum atomic E-state index is 12.2. The van der Waals surface area contributed by atoms with Gasteiger partial charge >= 0.3 is 5.97 Å². The summed E-state index contributed by atoms with van der Waals surface area (Å²) in [5.41, 5.74) is 0.141. The van der Waals surface area contributed by atoms with Crippen molar-refractivity contribution >= 4 is 11.9 Å². The molecule has 2 aliphatic carbocycles. The van der Waals surface area contributed by atoms with Crippen molar-refractivity contribution in [2.24, 2.45) is 28.6 Å². The van der Waals surface area contributed by atoms with Gasteiger partial charge in [-0.05, 0) is 62.4 Å². The van der Waals surface area contributed by atoms with Gasteiger partial charge in [0.05, 0.1) is 6.61 Å². The zero-order valence-corrected chi connectivity index (χ0v) is 19.7. The summed E-state index contributed by atoms with van der Waals surface area (Å²) in [6, 6.07) is 0.320. The van der Waals surface area contributed by atoms with E-state index >= 15 is 0 Å². The number of amides is 1. The van der Waals surface area contributed by atoms with Crippen LogP contribution in [0.15, 0.2) is 12.2 Å². The molecule has 4 heteroatoms. The van der Waals surface area contributed by atoms with Gasteiger partial charge in [0.15, 0.2) is 0 Å².